The lowest BCUT2D eigenvalue weighted by Crippen LogP contribution is -2.48. The lowest BCUT2D eigenvalue weighted by atomic mass is 10.0. The fourth-order valence-corrected chi connectivity index (χ4v) is 1.77. The van der Waals surface area contributed by atoms with Crippen LogP contribution < -0.4 is 10.6 Å². The molecule has 0 aliphatic carbocycles. The summed E-state index contributed by atoms with van der Waals surface area (Å²) in [6.07, 6.45) is 1.67. The van der Waals surface area contributed by atoms with E-state index in [1.165, 1.54) is 0 Å². The first-order chi connectivity index (χ1) is 8.51. The summed E-state index contributed by atoms with van der Waals surface area (Å²) in [6, 6.07) is -0.312. The van der Waals surface area contributed by atoms with Gasteiger partial charge in [-0.25, -0.2) is 0 Å². The zero-order chi connectivity index (χ0) is 14.0. The van der Waals surface area contributed by atoms with E-state index in [-0.39, 0.29) is 24.6 Å². The predicted octanol–water partition coefficient (Wildman–Crippen LogP) is 0.524. The van der Waals surface area contributed by atoms with Crippen LogP contribution in [-0.4, -0.2) is 50.0 Å². The van der Waals surface area contributed by atoms with Crippen LogP contribution in [0.3, 0.4) is 0 Å². The third-order valence-corrected chi connectivity index (χ3v) is 2.68. The third-order valence-electron chi connectivity index (χ3n) is 2.68. The van der Waals surface area contributed by atoms with Gasteiger partial charge in [-0.2, -0.15) is 0 Å². The van der Waals surface area contributed by atoms with Crippen molar-refractivity contribution in [2.45, 2.75) is 45.7 Å². The number of amides is 1. The van der Waals surface area contributed by atoms with Crippen molar-refractivity contribution in [1.29, 1.82) is 0 Å². The molecule has 0 saturated carbocycles. The second kappa shape index (κ2) is 10.3. The van der Waals surface area contributed by atoms with Crippen LogP contribution in [0.2, 0.25) is 0 Å². The molecule has 0 fully saturated rings. The lowest BCUT2D eigenvalue weighted by Gasteiger charge is -2.22. The number of ether oxygens (including phenoxy) is 1. The summed E-state index contributed by atoms with van der Waals surface area (Å²) in [5.74, 6) is 0.458. The van der Waals surface area contributed by atoms with E-state index in [2.05, 4.69) is 24.5 Å². The standard InChI is InChI=1S/C13H28N2O3/c1-10(2)8-12(9-16)15-11(3)13(17)14-6-5-7-18-4/h10-12,15-16H,5-9H2,1-4H3,(H,14,17). The van der Waals surface area contributed by atoms with Gasteiger partial charge in [0.2, 0.25) is 5.91 Å². The van der Waals surface area contributed by atoms with Crippen LogP contribution in [0.4, 0.5) is 0 Å². The third kappa shape index (κ3) is 8.44. The van der Waals surface area contributed by atoms with Gasteiger partial charge in [-0.3, -0.25) is 4.79 Å². The summed E-state index contributed by atoms with van der Waals surface area (Å²) in [7, 11) is 1.64. The number of hydrogen-bond acceptors (Lipinski definition) is 4. The number of rotatable bonds is 10. The number of carbonyl (C=O) groups is 1. The molecule has 3 N–H and O–H groups in total. The highest BCUT2D eigenvalue weighted by Gasteiger charge is 2.17. The minimum absolute atomic E-state index is 0.0234. The molecular weight excluding hydrogens is 232 g/mol. The second-order valence-electron chi connectivity index (χ2n) is 5.03. The Bertz CT molecular complexity index is 222. The largest absolute Gasteiger partial charge is 0.395 e. The smallest absolute Gasteiger partial charge is 0.236 e. The maximum absolute atomic E-state index is 11.7. The molecule has 1 amide bonds. The summed E-state index contributed by atoms with van der Waals surface area (Å²) in [5.41, 5.74) is 0. The molecule has 0 aromatic heterocycles. The average molecular weight is 260 g/mol. The van der Waals surface area contributed by atoms with Crippen molar-refractivity contribution in [3.05, 3.63) is 0 Å². The van der Waals surface area contributed by atoms with Crippen molar-refractivity contribution in [2.24, 2.45) is 5.92 Å². The van der Waals surface area contributed by atoms with Gasteiger partial charge in [0.15, 0.2) is 0 Å². The Morgan fingerprint density at radius 2 is 2.00 bits per heavy atom. The van der Waals surface area contributed by atoms with Crippen molar-refractivity contribution in [1.82, 2.24) is 10.6 Å². The van der Waals surface area contributed by atoms with Crippen LogP contribution >= 0.6 is 0 Å². The maximum Gasteiger partial charge on any atom is 0.236 e. The molecule has 108 valence electrons. The fraction of sp³-hybridized carbons (Fsp3) is 0.923. The van der Waals surface area contributed by atoms with Gasteiger partial charge in [0.25, 0.3) is 0 Å². The number of methoxy groups -OCH3 is 1. The van der Waals surface area contributed by atoms with E-state index < -0.39 is 0 Å². The van der Waals surface area contributed by atoms with Crippen LogP contribution in [0.5, 0.6) is 0 Å². The zero-order valence-corrected chi connectivity index (χ0v) is 12.0. The number of hydrogen-bond donors (Lipinski definition) is 3. The van der Waals surface area contributed by atoms with Crippen LogP contribution in [0.15, 0.2) is 0 Å². The van der Waals surface area contributed by atoms with Crippen molar-refractivity contribution >= 4 is 5.91 Å². The molecule has 5 heteroatoms. The molecule has 0 aliphatic heterocycles. The number of aliphatic hydroxyl groups excluding tert-OH is 1. The van der Waals surface area contributed by atoms with Gasteiger partial charge >= 0.3 is 0 Å². The molecule has 2 unspecified atom stereocenters. The highest BCUT2D eigenvalue weighted by Crippen LogP contribution is 2.04. The van der Waals surface area contributed by atoms with E-state index in [1.807, 2.05) is 6.92 Å². The van der Waals surface area contributed by atoms with Crippen molar-refractivity contribution in [2.75, 3.05) is 26.9 Å². The highest BCUT2D eigenvalue weighted by molar-refractivity contribution is 5.81. The number of aliphatic hydroxyl groups is 1. The first kappa shape index (κ1) is 17.4. The zero-order valence-electron chi connectivity index (χ0n) is 12.0. The molecule has 0 radical (unpaired) electrons. The molecule has 0 aliphatic rings. The SMILES string of the molecule is COCCCNC(=O)C(C)NC(CO)CC(C)C. The van der Waals surface area contributed by atoms with Crippen molar-refractivity contribution < 1.29 is 14.6 Å². The molecule has 0 aromatic rings. The number of carbonyl (C=O) groups excluding carboxylic acids is 1. The van der Waals surface area contributed by atoms with Crippen LogP contribution in [0.25, 0.3) is 0 Å². The van der Waals surface area contributed by atoms with Gasteiger partial charge in [0.1, 0.15) is 0 Å². The van der Waals surface area contributed by atoms with Crippen molar-refractivity contribution in [3.63, 3.8) is 0 Å². The first-order valence-corrected chi connectivity index (χ1v) is 6.64. The Morgan fingerprint density at radius 3 is 2.50 bits per heavy atom. The summed E-state index contributed by atoms with van der Waals surface area (Å²) < 4.78 is 4.91. The lowest BCUT2D eigenvalue weighted by molar-refractivity contribution is -0.123. The van der Waals surface area contributed by atoms with E-state index in [4.69, 9.17) is 4.74 Å². The van der Waals surface area contributed by atoms with Crippen LogP contribution in [0, 0.1) is 5.92 Å². The van der Waals surface area contributed by atoms with E-state index in [1.54, 1.807) is 7.11 Å². The minimum atomic E-state index is -0.288. The number of nitrogens with one attached hydrogen (secondary N) is 2. The summed E-state index contributed by atoms with van der Waals surface area (Å²) in [6.45, 7) is 7.33. The Balaban J connectivity index is 3.89. The topological polar surface area (TPSA) is 70.6 Å². The summed E-state index contributed by atoms with van der Waals surface area (Å²) in [4.78, 5) is 11.7. The molecule has 0 spiro atoms. The quantitative estimate of drug-likeness (QED) is 0.501. The van der Waals surface area contributed by atoms with Gasteiger partial charge in [0, 0.05) is 26.3 Å². The predicted molar refractivity (Wildman–Crippen MR) is 72.4 cm³/mol. The minimum Gasteiger partial charge on any atom is -0.395 e. The molecule has 0 aromatic carbocycles. The highest BCUT2D eigenvalue weighted by atomic mass is 16.5. The van der Waals surface area contributed by atoms with E-state index in [9.17, 15) is 9.90 Å². The van der Waals surface area contributed by atoms with E-state index in [0.717, 1.165) is 12.8 Å². The Labute approximate surface area is 110 Å². The molecule has 0 saturated heterocycles. The Hall–Kier alpha value is -0.650. The summed E-state index contributed by atoms with van der Waals surface area (Å²) >= 11 is 0. The van der Waals surface area contributed by atoms with Crippen LogP contribution in [0.1, 0.15) is 33.6 Å². The maximum atomic E-state index is 11.7. The Kier molecular flexibility index (Phi) is 9.92. The molecule has 18 heavy (non-hydrogen) atoms. The first-order valence-electron chi connectivity index (χ1n) is 6.64. The summed E-state index contributed by atoms with van der Waals surface area (Å²) in [5, 5.41) is 15.2. The Morgan fingerprint density at radius 1 is 1.33 bits per heavy atom. The normalized spacial score (nSPS) is 14.6. The van der Waals surface area contributed by atoms with Gasteiger partial charge in [0.05, 0.1) is 12.6 Å². The molecule has 0 heterocycles. The fourth-order valence-electron chi connectivity index (χ4n) is 1.77. The molecule has 5 nitrogen and oxygen atoms in total. The van der Waals surface area contributed by atoms with Gasteiger partial charge in [-0.15, -0.1) is 0 Å². The molecular formula is C13H28N2O3. The molecule has 0 rings (SSSR count). The molecule has 0 bridgehead atoms. The van der Waals surface area contributed by atoms with E-state index >= 15 is 0 Å². The van der Waals surface area contributed by atoms with E-state index in [0.29, 0.717) is 19.1 Å². The van der Waals surface area contributed by atoms with Crippen LogP contribution in [-0.2, 0) is 9.53 Å². The van der Waals surface area contributed by atoms with Gasteiger partial charge < -0.3 is 20.5 Å². The molecule has 2 atom stereocenters. The van der Waals surface area contributed by atoms with Crippen molar-refractivity contribution in [3.8, 4) is 0 Å². The van der Waals surface area contributed by atoms with Gasteiger partial charge in [-0.05, 0) is 25.7 Å². The van der Waals surface area contributed by atoms with Gasteiger partial charge in [-0.1, -0.05) is 13.8 Å². The average Bonchev–Trinajstić information content (AvgIpc) is 2.32. The monoisotopic (exact) mass is 260 g/mol. The second-order valence-corrected chi connectivity index (χ2v) is 5.03.